The number of aryl methyl sites for hydroxylation is 3. The number of carbonyl (C=O) groups is 1. The van der Waals surface area contributed by atoms with Crippen LogP contribution in [0.4, 0.5) is 0 Å². The van der Waals surface area contributed by atoms with Crippen molar-refractivity contribution in [2.75, 3.05) is 14.2 Å². The zero-order chi connectivity index (χ0) is 28.0. The number of imidazole rings is 1. The molecule has 0 unspecified atom stereocenters. The number of carbonyl (C=O) groups excluding carboxylic acids is 1. The van der Waals surface area contributed by atoms with Crippen molar-refractivity contribution in [1.29, 1.82) is 0 Å². The van der Waals surface area contributed by atoms with Crippen molar-refractivity contribution < 1.29 is 14.3 Å². The molecule has 40 heavy (non-hydrogen) atoms. The molecule has 1 N–H and O–H groups in total. The molecule has 0 spiro atoms. The number of ether oxygens (including phenoxy) is 2. The van der Waals surface area contributed by atoms with Gasteiger partial charge in [0.25, 0.3) is 5.91 Å². The fourth-order valence-electron chi connectivity index (χ4n) is 5.01. The molecule has 1 aromatic carbocycles. The van der Waals surface area contributed by atoms with Gasteiger partial charge in [0, 0.05) is 49.4 Å². The van der Waals surface area contributed by atoms with Crippen molar-refractivity contribution in [3.05, 3.63) is 59.7 Å². The van der Waals surface area contributed by atoms with Crippen LogP contribution < -0.4 is 14.8 Å². The van der Waals surface area contributed by atoms with Gasteiger partial charge in [-0.3, -0.25) is 14.2 Å². The lowest BCUT2D eigenvalue weighted by Crippen LogP contribution is -2.24. The first kappa shape index (κ1) is 25.6. The number of nitrogens with one attached hydrogen (secondary N) is 1. The van der Waals surface area contributed by atoms with Gasteiger partial charge in [-0.05, 0) is 51.0 Å². The molecule has 6 rings (SSSR count). The van der Waals surface area contributed by atoms with Crippen molar-refractivity contribution in [2.24, 2.45) is 7.05 Å². The lowest BCUT2D eigenvalue weighted by molar-refractivity contribution is 0.0946. The third-order valence-electron chi connectivity index (χ3n) is 7.26. The topological polar surface area (TPSA) is 114 Å². The first-order valence-corrected chi connectivity index (χ1v) is 13.4. The number of pyridine rings is 1. The van der Waals surface area contributed by atoms with Gasteiger partial charge in [-0.1, -0.05) is 0 Å². The zero-order valence-corrected chi connectivity index (χ0v) is 23.3. The van der Waals surface area contributed by atoms with Crippen molar-refractivity contribution in [1.82, 2.24) is 39.4 Å². The van der Waals surface area contributed by atoms with Gasteiger partial charge in [0.2, 0.25) is 0 Å². The summed E-state index contributed by atoms with van der Waals surface area (Å²) in [7, 11) is 5.05. The van der Waals surface area contributed by atoms with E-state index >= 15 is 0 Å². The van der Waals surface area contributed by atoms with E-state index in [0.29, 0.717) is 28.9 Å². The van der Waals surface area contributed by atoms with Gasteiger partial charge >= 0.3 is 0 Å². The summed E-state index contributed by atoms with van der Waals surface area (Å²) in [6.07, 6.45) is 6.03. The normalized spacial score (nSPS) is 13.1. The number of rotatable bonds is 9. The van der Waals surface area contributed by atoms with Gasteiger partial charge in [0.15, 0.2) is 5.82 Å². The van der Waals surface area contributed by atoms with Crippen LogP contribution in [0, 0.1) is 6.92 Å². The summed E-state index contributed by atoms with van der Waals surface area (Å²) < 4.78 is 16.7. The molecule has 1 saturated carbocycles. The Morgan fingerprint density at radius 3 is 2.67 bits per heavy atom. The largest absolute Gasteiger partial charge is 0.497 e. The Bertz CT molecular complexity index is 1730. The molecule has 1 amide bonds. The van der Waals surface area contributed by atoms with Gasteiger partial charge < -0.3 is 19.4 Å². The average Bonchev–Trinajstić information content (AvgIpc) is 3.44. The van der Waals surface area contributed by atoms with Crippen LogP contribution in [0.1, 0.15) is 47.6 Å². The number of hydrogen-bond donors (Lipinski definition) is 1. The maximum Gasteiger partial charge on any atom is 0.270 e. The summed E-state index contributed by atoms with van der Waals surface area (Å²) in [5.74, 6) is 1.74. The van der Waals surface area contributed by atoms with Gasteiger partial charge in [-0.15, -0.1) is 0 Å². The molecule has 11 nitrogen and oxygen atoms in total. The molecule has 4 heterocycles. The molecule has 206 valence electrons. The highest BCUT2D eigenvalue weighted by Crippen LogP contribution is 2.41. The summed E-state index contributed by atoms with van der Waals surface area (Å²) in [4.78, 5) is 23.4. The van der Waals surface area contributed by atoms with E-state index in [-0.39, 0.29) is 12.5 Å². The maximum atomic E-state index is 13.4. The highest BCUT2D eigenvalue weighted by molar-refractivity contribution is 5.99. The minimum atomic E-state index is -0.299. The SMILES string of the molecule is CCn1nc(C)cc1-c1cn(C2CC2)c(-c2nc(C(=O)NCc3ccc(OC)cc3OC)cc3c2cnn3C)n1. The second-order valence-electron chi connectivity index (χ2n) is 9.99. The Balaban J connectivity index is 1.39. The van der Waals surface area contributed by atoms with Crippen molar-refractivity contribution in [3.8, 4) is 34.4 Å². The van der Waals surface area contributed by atoms with E-state index in [0.717, 1.165) is 58.8 Å². The lowest BCUT2D eigenvalue weighted by Gasteiger charge is -2.12. The molecule has 0 bridgehead atoms. The molecular formula is C29H32N8O3. The molecule has 0 atom stereocenters. The number of fused-ring (bicyclic) bond motifs is 1. The minimum Gasteiger partial charge on any atom is -0.497 e. The zero-order valence-electron chi connectivity index (χ0n) is 23.3. The average molecular weight is 541 g/mol. The Labute approximate surface area is 231 Å². The first-order chi connectivity index (χ1) is 19.4. The second kappa shape index (κ2) is 10.1. The Morgan fingerprint density at radius 1 is 1.12 bits per heavy atom. The predicted octanol–water partition coefficient (Wildman–Crippen LogP) is 4.31. The number of hydrogen-bond acceptors (Lipinski definition) is 7. The Kier molecular flexibility index (Phi) is 6.49. The van der Waals surface area contributed by atoms with Crippen LogP contribution in [0.15, 0.2) is 42.7 Å². The van der Waals surface area contributed by atoms with Crippen LogP contribution in [0.3, 0.4) is 0 Å². The molecule has 0 aliphatic heterocycles. The number of amides is 1. The third-order valence-corrected chi connectivity index (χ3v) is 7.26. The summed E-state index contributed by atoms with van der Waals surface area (Å²) in [6, 6.07) is 9.68. The molecule has 1 fully saturated rings. The van der Waals surface area contributed by atoms with Gasteiger partial charge in [-0.2, -0.15) is 10.2 Å². The van der Waals surface area contributed by atoms with Crippen LogP contribution in [0.5, 0.6) is 11.5 Å². The summed E-state index contributed by atoms with van der Waals surface area (Å²) in [5.41, 5.74) is 5.30. The van der Waals surface area contributed by atoms with Crippen LogP contribution in [0.25, 0.3) is 33.8 Å². The van der Waals surface area contributed by atoms with E-state index in [4.69, 9.17) is 19.4 Å². The monoisotopic (exact) mass is 540 g/mol. The predicted molar refractivity (Wildman–Crippen MR) is 150 cm³/mol. The van der Waals surface area contributed by atoms with E-state index in [1.165, 1.54) is 0 Å². The van der Waals surface area contributed by atoms with Crippen molar-refractivity contribution >= 4 is 16.8 Å². The summed E-state index contributed by atoms with van der Waals surface area (Å²) >= 11 is 0. The number of aromatic nitrogens is 7. The molecule has 0 radical (unpaired) electrons. The highest BCUT2D eigenvalue weighted by atomic mass is 16.5. The Morgan fingerprint density at radius 2 is 1.95 bits per heavy atom. The van der Waals surface area contributed by atoms with Crippen LogP contribution in [0.2, 0.25) is 0 Å². The van der Waals surface area contributed by atoms with Crippen molar-refractivity contribution in [3.63, 3.8) is 0 Å². The first-order valence-electron chi connectivity index (χ1n) is 13.4. The molecule has 4 aromatic heterocycles. The van der Waals surface area contributed by atoms with E-state index in [1.54, 1.807) is 37.2 Å². The summed E-state index contributed by atoms with van der Waals surface area (Å²) in [6.45, 7) is 5.07. The highest BCUT2D eigenvalue weighted by Gasteiger charge is 2.30. The van der Waals surface area contributed by atoms with Gasteiger partial charge in [-0.25, -0.2) is 9.97 Å². The smallest absolute Gasteiger partial charge is 0.270 e. The van der Waals surface area contributed by atoms with Crippen LogP contribution >= 0.6 is 0 Å². The van der Waals surface area contributed by atoms with E-state index in [9.17, 15) is 4.79 Å². The molecule has 0 saturated heterocycles. The van der Waals surface area contributed by atoms with Gasteiger partial charge in [0.1, 0.15) is 28.6 Å². The molecule has 1 aliphatic rings. The second-order valence-corrected chi connectivity index (χ2v) is 9.99. The van der Waals surface area contributed by atoms with E-state index < -0.39 is 0 Å². The van der Waals surface area contributed by atoms with Crippen LogP contribution in [-0.4, -0.2) is 54.2 Å². The molecule has 5 aromatic rings. The van der Waals surface area contributed by atoms with E-state index in [2.05, 4.69) is 39.3 Å². The fourth-order valence-corrected chi connectivity index (χ4v) is 5.01. The number of methoxy groups -OCH3 is 2. The fraction of sp³-hybridized carbons (Fsp3) is 0.345. The number of benzene rings is 1. The lowest BCUT2D eigenvalue weighted by atomic mass is 10.1. The quantitative estimate of drug-likeness (QED) is 0.296. The molecular weight excluding hydrogens is 508 g/mol. The summed E-state index contributed by atoms with van der Waals surface area (Å²) in [5, 5.41) is 12.9. The van der Waals surface area contributed by atoms with Gasteiger partial charge in [0.05, 0.1) is 37.3 Å². The molecule has 1 aliphatic carbocycles. The van der Waals surface area contributed by atoms with Crippen molar-refractivity contribution in [2.45, 2.75) is 45.8 Å². The van der Waals surface area contributed by atoms with Crippen LogP contribution in [-0.2, 0) is 20.1 Å². The minimum absolute atomic E-state index is 0.271. The number of nitrogens with zero attached hydrogens (tertiary/aromatic N) is 7. The maximum absolute atomic E-state index is 13.4. The Hall–Kier alpha value is -4.67. The van der Waals surface area contributed by atoms with E-state index in [1.807, 2.05) is 30.8 Å². The standard InChI is InChI=1S/C29H32N8O3/c1-6-37-25(11-17(2)34-37)23-16-36(19-8-9-19)28(33-23)27-21-15-31-35(3)24(21)13-22(32-27)29(38)30-14-18-7-10-20(39-4)12-26(18)40-5/h7,10-13,15-16,19H,6,8-9,14H2,1-5H3,(H,30,38). The third kappa shape index (κ3) is 4.57. The molecule has 11 heteroatoms.